The van der Waals surface area contributed by atoms with E-state index in [0.717, 1.165) is 10.5 Å². The van der Waals surface area contributed by atoms with Gasteiger partial charge in [-0.3, -0.25) is 0 Å². The zero-order valence-corrected chi connectivity index (χ0v) is 18.3. The molecule has 0 saturated carbocycles. The first-order valence-electron chi connectivity index (χ1n) is 7.85. The van der Waals surface area contributed by atoms with Crippen LogP contribution in [0, 0.1) is 11.3 Å². The van der Waals surface area contributed by atoms with Gasteiger partial charge in [0, 0.05) is 28.9 Å². The zero-order valence-electron chi connectivity index (χ0n) is 15.8. The van der Waals surface area contributed by atoms with Gasteiger partial charge in [0.1, 0.15) is 6.07 Å². The van der Waals surface area contributed by atoms with Crippen molar-refractivity contribution in [1.82, 2.24) is 0 Å². The number of thioether (sulfide) groups is 3. The highest BCUT2D eigenvalue weighted by Crippen LogP contribution is 2.46. The second kappa shape index (κ2) is 7.33. The molecule has 0 aromatic heterocycles. The summed E-state index contributed by atoms with van der Waals surface area (Å²) in [6.45, 7) is 19.9. The van der Waals surface area contributed by atoms with Crippen molar-refractivity contribution in [1.29, 1.82) is 5.26 Å². The van der Waals surface area contributed by atoms with Gasteiger partial charge in [-0.2, -0.15) is 5.26 Å². The topological polar surface area (TPSA) is 23.8 Å². The van der Waals surface area contributed by atoms with Gasteiger partial charge in [-0.1, -0.05) is 62.3 Å². The Morgan fingerprint density at radius 3 is 1.35 bits per heavy atom. The molecule has 1 nitrogen and oxygen atoms in total. The number of benzene rings is 1. The van der Waals surface area contributed by atoms with Gasteiger partial charge in [0.2, 0.25) is 0 Å². The maximum atomic E-state index is 9.58. The first kappa shape index (κ1) is 20.8. The Morgan fingerprint density at radius 2 is 1.00 bits per heavy atom. The molecule has 1 aromatic carbocycles. The highest BCUT2D eigenvalue weighted by Gasteiger charge is 2.23. The van der Waals surface area contributed by atoms with Gasteiger partial charge in [-0.25, -0.2) is 0 Å². The molecule has 4 heteroatoms. The minimum atomic E-state index is 0.0912. The lowest BCUT2D eigenvalue weighted by Crippen LogP contribution is -2.11. The molecule has 0 fully saturated rings. The lowest BCUT2D eigenvalue weighted by atomic mass is 10.2. The van der Waals surface area contributed by atoms with Crippen LogP contribution in [-0.2, 0) is 0 Å². The minimum absolute atomic E-state index is 0.0912. The highest BCUT2D eigenvalue weighted by molar-refractivity contribution is 8.03. The Balaban J connectivity index is 3.42. The van der Waals surface area contributed by atoms with Crippen LogP contribution in [0.3, 0.4) is 0 Å². The van der Waals surface area contributed by atoms with E-state index in [0.29, 0.717) is 0 Å². The molecule has 0 aliphatic heterocycles. The second-order valence-electron chi connectivity index (χ2n) is 8.55. The molecule has 0 atom stereocenters. The standard InChI is InChI=1S/C19H29NS3/c1-17(2,3)21-14-11-16(23-19(7,8)9)15(10-13(14)12-20)22-18(4,5)6/h10-11H,1-9H3. The first-order valence-corrected chi connectivity index (χ1v) is 10.3. The largest absolute Gasteiger partial charge is 0.192 e. The third-order valence-corrected chi connectivity index (χ3v) is 6.05. The van der Waals surface area contributed by atoms with E-state index in [2.05, 4.69) is 80.5 Å². The molecule has 0 unspecified atom stereocenters. The van der Waals surface area contributed by atoms with E-state index in [1.165, 1.54) is 9.79 Å². The second-order valence-corrected chi connectivity index (χ2v) is 14.2. The number of nitriles is 1. The molecule has 0 heterocycles. The van der Waals surface area contributed by atoms with E-state index in [9.17, 15) is 5.26 Å². The molecule has 128 valence electrons. The van der Waals surface area contributed by atoms with Gasteiger partial charge in [0.25, 0.3) is 0 Å². The molecular formula is C19H29NS3. The third kappa shape index (κ3) is 7.92. The van der Waals surface area contributed by atoms with Crippen LogP contribution < -0.4 is 0 Å². The molecule has 23 heavy (non-hydrogen) atoms. The van der Waals surface area contributed by atoms with Crippen LogP contribution in [-0.4, -0.2) is 14.2 Å². The molecule has 0 spiro atoms. The molecular weight excluding hydrogens is 338 g/mol. The fourth-order valence-electron chi connectivity index (χ4n) is 1.86. The average Bonchev–Trinajstić information content (AvgIpc) is 2.26. The van der Waals surface area contributed by atoms with Crippen LogP contribution in [0.1, 0.15) is 67.9 Å². The molecule has 0 aliphatic rings. The summed E-state index contributed by atoms with van der Waals surface area (Å²) in [6, 6.07) is 6.69. The molecule has 1 rings (SSSR count). The predicted molar refractivity (Wildman–Crippen MR) is 108 cm³/mol. The summed E-state index contributed by atoms with van der Waals surface area (Å²) in [4.78, 5) is 3.58. The Bertz CT molecular complexity index is 593. The molecule has 0 aliphatic carbocycles. The summed E-state index contributed by atoms with van der Waals surface area (Å²) in [5.41, 5.74) is 0.787. The normalized spacial score (nSPS) is 13.0. The number of nitrogens with zero attached hydrogens (tertiary/aromatic N) is 1. The van der Waals surface area contributed by atoms with Gasteiger partial charge in [-0.15, -0.1) is 35.3 Å². The van der Waals surface area contributed by atoms with Crippen LogP contribution in [0.5, 0.6) is 0 Å². The molecule has 0 bridgehead atoms. The van der Waals surface area contributed by atoms with Crippen LogP contribution in [0.25, 0.3) is 0 Å². The lowest BCUT2D eigenvalue weighted by Gasteiger charge is -2.26. The van der Waals surface area contributed by atoms with Crippen LogP contribution in [0.2, 0.25) is 0 Å². The summed E-state index contributed by atoms with van der Waals surface area (Å²) in [5.74, 6) is 0. The number of rotatable bonds is 3. The maximum Gasteiger partial charge on any atom is 0.100 e. The van der Waals surface area contributed by atoms with Crippen molar-refractivity contribution >= 4 is 35.3 Å². The van der Waals surface area contributed by atoms with Crippen molar-refractivity contribution in [3.63, 3.8) is 0 Å². The highest BCUT2D eigenvalue weighted by atomic mass is 32.2. The monoisotopic (exact) mass is 367 g/mol. The molecule has 1 aromatic rings. The quantitative estimate of drug-likeness (QED) is 0.526. The maximum absolute atomic E-state index is 9.58. The van der Waals surface area contributed by atoms with E-state index < -0.39 is 0 Å². The van der Waals surface area contributed by atoms with Gasteiger partial charge >= 0.3 is 0 Å². The van der Waals surface area contributed by atoms with Gasteiger partial charge in [0.15, 0.2) is 0 Å². The Labute approximate surface area is 155 Å². The van der Waals surface area contributed by atoms with Crippen LogP contribution in [0.15, 0.2) is 26.8 Å². The van der Waals surface area contributed by atoms with Crippen LogP contribution in [0.4, 0.5) is 0 Å². The van der Waals surface area contributed by atoms with Crippen molar-refractivity contribution in [2.24, 2.45) is 0 Å². The number of hydrogen-bond acceptors (Lipinski definition) is 4. The smallest absolute Gasteiger partial charge is 0.100 e. The summed E-state index contributed by atoms with van der Waals surface area (Å²) < 4.78 is 0.359. The SMILES string of the molecule is CC(C)(C)Sc1cc(SC(C)(C)C)c(SC(C)(C)C)cc1C#N. The van der Waals surface area contributed by atoms with Crippen molar-refractivity contribution < 1.29 is 0 Å². The van der Waals surface area contributed by atoms with Crippen LogP contribution >= 0.6 is 35.3 Å². The van der Waals surface area contributed by atoms with E-state index in [4.69, 9.17) is 0 Å². The Kier molecular flexibility index (Phi) is 6.63. The Hall–Kier alpha value is -0.240. The minimum Gasteiger partial charge on any atom is -0.192 e. The van der Waals surface area contributed by atoms with Gasteiger partial charge < -0.3 is 0 Å². The average molecular weight is 368 g/mol. The van der Waals surface area contributed by atoms with E-state index in [1.54, 1.807) is 11.8 Å². The van der Waals surface area contributed by atoms with Crippen molar-refractivity contribution in [2.75, 3.05) is 0 Å². The molecule has 0 N–H and O–H groups in total. The van der Waals surface area contributed by atoms with Crippen molar-refractivity contribution in [3.05, 3.63) is 17.7 Å². The number of hydrogen-bond donors (Lipinski definition) is 0. The van der Waals surface area contributed by atoms with Crippen molar-refractivity contribution in [2.45, 2.75) is 91.2 Å². The van der Waals surface area contributed by atoms with E-state index in [1.807, 2.05) is 23.5 Å². The molecule has 0 amide bonds. The van der Waals surface area contributed by atoms with Gasteiger partial charge in [-0.05, 0) is 12.1 Å². The first-order chi connectivity index (χ1) is 10.2. The van der Waals surface area contributed by atoms with E-state index >= 15 is 0 Å². The fourth-order valence-corrected chi connectivity index (χ4v) is 5.23. The lowest BCUT2D eigenvalue weighted by molar-refractivity contribution is 0.792. The predicted octanol–water partition coefficient (Wildman–Crippen LogP) is 7.23. The fraction of sp³-hybridized carbons (Fsp3) is 0.632. The summed E-state index contributed by atoms with van der Waals surface area (Å²) in [7, 11) is 0. The Morgan fingerprint density at radius 1 is 0.652 bits per heavy atom. The van der Waals surface area contributed by atoms with Gasteiger partial charge in [0.05, 0.1) is 5.56 Å². The van der Waals surface area contributed by atoms with Crippen molar-refractivity contribution in [3.8, 4) is 6.07 Å². The summed E-state index contributed by atoms with van der Waals surface area (Å²) >= 11 is 5.50. The summed E-state index contributed by atoms with van der Waals surface area (Å²) in [5, 5.41) is 9.58. The summed E-state index contributed by atoms with van der Waals surface area (Å²) in [6.07, 6.45) is 0. The molecule has 0 radical (unpaired) electrons. The third-order valence-electron chi connectivity index (χ3n) is 2.41. The zero-order chi connectivity index (χ0) is 18.1. The van der Waals surface area contributed by atoms with E-state index in [-0.39, 0.29) is 14.2 Å². The molecule has 0 saturated heterocycles.